The molecule has 1 aromatic rings. The van der Waals surface area contributed by atoms with Crippen LogP contribution in [0.15, 0.2) is 17.5 Å². The molecular weight excluding hydrogens is 262 g/mol. The summed E-state index contributed by atoms with van der Waals surface area (Å²) in [4.78, 5) is 17.1. The largest absolute Gasteiger partial charge is 0.379 e. The smallest absolute Gasteiger partial charge is 0.236 e. The summed E-state index contributed by atoms with van der Waals surface area (Å²) in [7, 11) is 1.82. The highest BCUT2D eigenvalue weighted by molar-refractivity contribution is 7.10. The van der Waals surface area contributed by atoms with Crippen LogP contribution in [0.2, 0.25) is 0 Å². The Hall–Kier alpha value is -0.950. The van der Waals surface area contributed by atoms with Gasteiger partial charge in [0.25, 0.3) is 0 Å². The van der Waals surface area contributed by atoms with Gasteiger partial charge in [0, 0.05) is 31.6 Å². The molecule has 6 heteroatoms. The summed E-state index contributed by atoms with van der Waals surface area (Å²) in [6.45, 7) is 4.08. The first-order valence-corrected chi connectivity index (χ1v) is 7.39. The van der Waals surface area contributed by atoms with Crippen molar-refractivity contribution in [2.24, 2.45) is 5.73 Å². The average molecular weight is 283 g/mol. The lowest BCUT2D eigenvalue weighted by molar-refractivity contribution is -0.129. The number of nitrogens with two attached hydrogens (primary N) is 1. The standard InChI is InChI=1S/C13H21N3O2S/c1-15(13(17)9-14)10-11(12-3-2-8-19-12)16-4-6-18-7-5-16/h2-3,8,11H,4-7,9-10,14H2,1H3. The zero-order valence-corrected chi connectivity index (χ0v) is 12.1. The molecule has 1 aliphatic heterocycles. The molecule has 1 unspecified atom stereocenters. The van der Waals surface area contributed by atoms with E-state index in [-0.39, 0.29) is 18.5 Å². The van der Waals surface area contributed by atoms with Gasteiger partial charge in [0.2, 0.25) is 5.91 Å². The van der Waals surface area contributed by atoms with E-state index >= 15 is 0 Å². The zero-order valence-electron chi connectivity index (χ0n) is 11.2. The van der Waals surface area contributed by atoms with Crippen LogP contribution < -0.4 is 5.73 Å². The molecule has 2 N–H and O–H groups in total. The molecule has 1 saturated heterocycles. The molecule has 5 nitrogen and oxygen atoms in total. The van der Waals surface area contributed by atoms with Crippen LogP contribution in [-0.2, 0) is 9.53 Å². The molecule has 2 rings (SSSR count). The molecular formula is C13H21N3O2S. The number of likely N-dealkylation sites (N-methyl/N-ethyl adjacent to an activating group) is 1. The minimum absolute atomic E-state index is 0.0187. The minimum atomic E-state index is -0.0187. The van der Waals surface area contributed by atoms with Crippen molar-refractivity contribution in [3.05, 3.63) is 22.4 Å². The van der Waals surface area contributed by atoms with Crippen molar-refractivity contribution >= 4 is 17.2 Å². The third kappa shape index (κ3) is 3.76. The SMILES string of the molecule is CN(CC(c1cccs1)N1CCOCC1)C(=O)CN. The van der Waals surface area contributed by atoms with Gasteiger partial charge in [-0.3, -0.25) is 9.69 Å². The van der Waals surface area contributed by atoms with Crippen LogP contribution in [0.4, 0.5) is 0 Å². The maximum absolute atomic E-state index is 11.7. The molecule has 1 fully saturated rings. The number of nitrogens with zero attached hydrogens (tertiary/aromatic N) is 2. The molecule has 0 aromatic carbocycles. The molecule has 19 heavy (non-hydrogen) atoms. The highest BCUT2D eigenvalue weighted by Crippen LogP contribution is 2.26. The van der Waals surface area contributed by atoms with Gasteiger partial charge in [-0.25, -0.2) is 0 Å². The summed E-state index contributed by atoms with van der Waals surface area (Å²) in [5, 5.41) is 2.08. The third-order valence-electron chi connectivity index (χ3n) is 3.41. The number of thiophene rings is 1. The van der Waals surface area contributed by atoms with E-state index in [0.29, 0.717) is 6.54 Å². The van der Waals surface area contributed by atoms with Crippen LogP contribution in [-0.4, -0.2) is 62.1 Å². The normalized spacial score (nSPS) is 18.2. The van der Waals surface area contributed by atoms with E-state index in [2.05, 4.69) is 22.4 Å². The summed E-state index contributed by atoms with van der Waals surface area (Å²) < 4.78 is 5.40. The van der Waals surface area contributed by atoms with Gasteiger partial charge in [0.1, 0.15) is 0 Å². The van der Waals surface area contributed by atoms with Crippen LogP contribution in [0.5, 0.6) is 0 Å². The van der Waals surface area contributed by atoms with E-state index in [0.717, 1.165) is 26.3 Å². The summed E-state index contributed by atoms with van der Waals surface area (Å²) in [6.07, 6.45) is 0. The Labute approximate surface area is 117 Å². The van der Waals surface area contributed by atoms with Crippen LogP contribution in [0.3, 0.4) is 0 Å². The first-order valence-electron chi connectivity index (χ1n) is 6.51. The maximum atomic E-state index is 11.7. The van der Waals surface area contributed by atoms with Crippen molar-refractivity contribution in [2.45, 2.75) is 6.04 Å². The fourth-order valence-electron chi connectivity index (χ4n) is 2.27. The summed E-state index contributed by atoms with van der Waals surface area (Å²) in [5.41, 5.74) is 5.42. The monoisotopic (exact) mass is 283 g/mol. The number of carbonyl (C=O) groups excluding carboxylic acids is 1. The second kappa shape index (κ2) is 7.00. The molecule has 0 bridgehead atoms. The quantitative estimate of drug-likeness (QED) is 0.857. The lowest BCUT2D eigenvalue weighted by Crippen LogP contribution is -2.45. The Morgan fingerprint density at radius 1 is 1.58 bits per heavy atom. The average Bonchev–Trinajstić information content (AvgIpc) is 2.98. The van der Waals surface area contributed by atoms with Crippen molar-refractivity contribution < 1.29 is 9.53 Å². The summed E-state index contributed by atoms with van der Waals surface area (Å²) >= 11 is 1.73. The molecule has 1 aliphatic rings. The summed E-state index contributed by atoms with van der Waals surface area (Å²) in [6, 6.07) is 4.42. The molecule has 1 aromatic heterocycles. The predicted octanol–water partition coefficient (Wildman–Crippen LogP) is 0.539. The van der Waals surface area contributed by atoms with E-state index in [9.17, 15) is 4.79 Å². The first kappa shape index (κ1) is 14.5. The lowest BCUT2D eigenvalue weighted by Gasteiger charge is -2.36. The molecule has 1 atom stereocenters. The summed E-state index contributed by atoms with van der Waals surface area (Å²) in [5.74, 6) is -0.0187. The first-order chi connectivity index (χ1) is 9.22. The molecule has 0 aliphatic carbocycles. The van der Waals surface area contributed by atoms with Gasteiger partial charge in [-0.2, -0.15) is 0 Å². The van der Waals surface area contributed by atoms with E-state index < -0.39 is 0 Å². The molecule has 106 valence electrons. The number of amides is 1. The second-order valence-corrected chi connectivity index (χ2v) is 5.64. The second-order valence-electron chi connectivity index (χ2n) is 4.66. The molecule has 1 amide bonds. The highest BCUT2D eigenvalue weighted by atomic mass is 32.1. The van der Waals surface area contributed by atoms with Gasteiger partial charge < -0.3 is 15.4 Å². The molecule has 0 radical (unpaired) electrons. The van der Waals surface area contributed by atoms with Crippen molar-refractivity contribution in [2.75, 3.05) is 46.4 Å². The number of carbonyl (C=O) groups is 1. The number of hydrogen-bond acceptors (Lipinski definition) is 5. The number of hydrogen-bond donors (Lipinski definition) is 1. The predicted molar refractivity (Wildman–Crippen MR) is 76.1 cm³/mol. The van der Waals surface area contributed by atoms with Gasteiger partial charge in [0.05, 0.1) is 25.8 Å². The number of rotatable bonds is 5. The Morgan fingerprint density at radius 2 is 2.32 bits per heavy atom. The van der Waals surface area contributed by atoms with Crippen LogP contribution in [0.25, 0.3) is 0 Å². The molecule has 0 saturated carbocycles. The van der Waals surface area contributed by atoms with Gasteiger partial charge in [-0.05, 0) is 11.4 Å². The molecule has 0 spiro atoms. The zero-order chi connectivity index (χ0) is 13.7. The Morgan fingerprint density at radius 3 is 2.89 bits per heavy atom. The van der Waals surface area contributed by atoms with Crippen LogP contribution >= 0.6 is 11.3 Å². The van der Waals surface area contributed by atoms with E-state index in [1.54, 1.807) is 16.2 Å². The van der Waals surface area contributed by atoms with E-state index in [4.69, 9.17) is 10.5 Å². The fourth-order valence-corrected chi connectivity index (χ4v) is 3.12. The Bertz CT molecular complexity index is 391. The topological polar surface area (TPSA) is 58.8 Å². The lowest BCUT2D eigenvalue weighted by atomic mass is 10.1. The van der Waals surface area contributed by atoms with Crippen LogP contribution in [0, 0.1) is 0 Å². The van der Waals surface area contributed by atoms with Gasteiger partial charge in [0.15, 0.2) is 0 Å². The fraction of sp³-hybridized carbons (Fsp3) is 0.615. The van der Waals surface area contributed by atoms with Gasteiger partial charge in [-0.15, -0.1) is 11.3 Å². The number of morpholine rings is 1. The van der Waals surface area contributed by atoms with Crippen molar-refractivity contribution in [1.82, 2.24) is 9.80 Å². The van der Waals surface area contributed by atoms with Gasteiger partial charge >= 0.3 is 0 Å². The minimum Gasteiger partial charge on any atom is -0.379 e. The van der Waals surface area contributed by atoms with Gasteiger partial charge in [-0.1, -0.05) is 6.07 Å². The van der Waals surface area contributed by atoms with Crippen molar-refractivity contribution in [3.63, 3.8) is 0 Å². The van der Waals surface area contributed by atoms with Crippen LogP contribution in [0.1, 0.15) is 10.9 Å². The number of ether oxygens (including phenoxy) is 1. The maximum Gasteiger partial charge on any atom is 0.236 e. The van der Waals surface area contributed by atoms with E-state index in [1.165, 1.54) is 4.88 Å². The van der Waals surface area contributed by atoms with Crippen molar-refractivity contribution in [1.29, 1.82) is 0 Å². The third-order valence-corrected chi connectivity index (χ3v) is 4.38. The Balaban J connectivity index is 2.08. The highest BCUT2D eigenvalue weighted by Gasteiger charge is 2.25. The van der Waals surface area contributed by atoms with E-state index in [1.807, 2.05) is 7.05 Å². The Kier molecular flexibility index (Phi) is 5.33. The molecule has 2 heterocycles. The van der Waals surface area contributed by atoms with Crippen molar-refractivity contribution in [3.8, 4) is 0 Å².